The first-order valence-corrected chi connectivity index (χ1v) is 10.7. The van der Waals surface area contributed by atoms with Crippen molar-refractivity contribution in [2.45, 2.75) is 61.9 Å². The molecule has 0 radical (unpaired) electrons. The Hall–Kier alpha value is -0.840. The molecule has 1 saturated heterocycles. The Kier molecular flexibility index (Phi) is 3.81. The fraction of sp³-hybridized carbons (Fsp3) is 0.667. The van der Waals surface area contributed by atoms with E-state index in [0.717, 1.165) is 31.4 Å². The SMILES string of the molecule is CC1(c2ccccc2)C2CCC(N3CCOCS3)(CC2)C12CCC=N2. The molecular weight excluding hydrogens is 328 g/mol. The third-order valence-corrected chi connectivity index (χ3v) is 8.90. The molecule has 0 aromatic heterocycles. The fourth-order valence-electron chi connectivity index (χ4n) is 6.64. The number of nitrogens with zero attached hydrogens (tertiary/aromatic N) is 2. The van der Waals surface area contributed by atoms with E-state index in [0.29, 0.717) is 0 Å². The monoisotopic (exact) mass is 356 g/mol. The van der Waals surface area contributed by atoms with Crippen molar-refractivity contribution in [2.75, 3.05) is 19.1 Å². The summed E-state index contributed by atoms with van der Waals surface area (Å²) >= 11 is 1.91. The number of hydrogen-bond donors (Lipinski definition) is 0. The first-order valence-electron chi connectivity index (χ1n) is 9.81. The molecule has 3 aliphatic carbocycles. The lowest BCUT2D eigenvalue weighted by Gasteiger charge is -2.69. The smallest absolute Gasteiger partial charge is 0.107 e. The number of aliphatic imine (C=N–C) groups is 1. The molecule has 5 aliphatic rings. The van der Waals surface area contributed by atoms with E-state index < -0.39 is 0 Å². The van der Waals surface area contributed by atoms with Gasteiger partial charge in [-0.05, 0) is 68.2 Å². The minimum absolute atomic E-state index is 0.0207. The predicted molar refractivity (Wildman–Crippen MR) is 104 cm³/mol. The Morgan fingerprint density at radius 2 is 1.96 bits per heavy atom. The van der Waals surface area contributed by atoms with E-state index >= 15 is 0 Å². The summed E-state index contributed by atoms with van der Waals surface area (Å²) in [6, 6.07) is 11.3. The van der Waals surface area contributed by atoms with Gasteiger partial charge in [-0.1, -0.05) is 37.3 Å². The van der Waals surface area contributed by atoms with Crippen LogP contribution in [-0.4, -0.2) is 40.7 Å². The Balaban J connectivity index is 1.69. The molecule has 4 fully saturated rings. The lowest BCUT2D eigenvalue weighted by atomic mass is 9.41. The molecule has 1 aromatic carbocycles. The lowest BCUT2D eigenvalue weighted by molar-refractivity contribution is -0.0989. The van der Waals surface area contributed by atoms with Crippen molar-refractivity contribution < 1.29 is 4.74 Å². The Morgan fingerprint density at radius 3 is 2.60 bits per heavy atom. The van der Waals surface area contributed by atoms with Gasteiger partial charge in [0.15, 0.2) is 0 Å². The van der Waals surface area contributed by atoms with Crippen molar-refractivity contribution in [1.82, 2.24) is 4.31 Å². The highest BCUT2D eigenvalue weighted by atomic mass is 32.2. The zero-order valence-corrected chi connectivity index (χ0v) is 15.9. The average molecular weight is 357 g/mol. The Morgan fingerprint density at radius 1 is 1.16 bits per heavy atom. The highest BCUT2D eigenvalue weighted by Crippen LogP contribution is 2.67. The second kappa shape index (κ2) is 5.83. The van der Waals surface area contributed by atoms with Crippen molar-refractivity contribution in [2.24, 2.45) is 10.9 Å². The summed E-state index contributed by atoms with van der Waals surface area (Å²) in [5.74, 6) is 1.55. The molecule has 2 heterocycles. The molecule has 3 saturated carbocycles. The minimum atomic E-state index is 0.0207. The van der Waals surface area contributed by atoms with E-state index in [1.165, 1.54) is 37.7 Å². The molecule has 2 atom stereocenters. The van der Waals surface area contributed by atoms with Crippen molar-refractivity contribution in [3.05, 3.63) is 35.9 Å². The zero-order chi connectivity index (χ0) is 17.0. The van der Waals surface area contributed by atoms with Gasteiger partial charge in [-0.25, -0.2) is 4.31 Å². The van der Waals surface area contributed by atoms with Crippen molar-refractivity contribution >= 4 is 18.2 Å². The number of hydrogen-bond acceptors (Lipinski definition) is 4. The molecule has 2 unspecified atom stereocenters. The summed E-state index contributed by atoms with van der Waals surface area (Å²) in [5, 5.41) is 0. The van der Waals surface area contributed by atoms with Crippen LogP contribution in [0.4, 0.5) is 0 Å². The van der Waals surface area contributed by atoms with Gasteiger partial charge < -0.3 is 4.74 Å². The normalized spacial score (nSPS) is 43.8. The van der Waals surface area contributed by atoms with Gasteiger partial charge in [0, 0.05) is 12.0 Å². The minimum Gasteiger partial charge on any atom is -0.368 e. The molecule has 4 heteroatoms. The molecule has 2 bridgehead atoms. The maximum Gasteiger partial charge on any atom is 0.107 e. The van der Waals surface area contributed by atoms with Gasteiger partial charge in [0.2, 0.25) is 0 Å². The van der Waals surface area contributed by atoms with Gasteiger partial charge in [0.05, 0.1) is 17.7 Å². The summed E-state index contributed by atoms with van der Waals surface area (Å²) in [7, 11) is 0. The second-order valence-corrected chi connectivity index (χ2v) is 9.28. The quantitative estimate of drug-likeness (QED) is 0.733. The van der Waals surface area contributed by atoms with Crippen LogP contribution in [0.1, 0.15) is 51.0 Å². The predicted octanol–water partition coefficient (Wildman–Crippen LogP) is 4.43. The van der Waals surface area contributed by atoms with E-state index in [1.807, 2.05) is 11.9 Å². The maximum absolute atomic E-state index is 5.66. The van der Waals surface area contributed by atoms with Crippen molar-refractivity contribution in [3.8, 4) is 0 Å². The second-order valence-electron chi connectivity index (χ2n) is 8.34. The summed E-state index contributed by atoms with van der Waals surface area (Å²) in [4.78, 5) is 5.37. The highest BCUT2D eigenvalue weighted by molar-refractivity contribution is 7.96. The third kappa shape index (κ3) is 1.99. The molecule has 1 aromatic rings. The molecule has 0 N–H and O–H groups in total. The number of benzene rings is 1. The van der Waals surface area contributed by atoms with Crippen molar-refractivity contribution in [3.63, 3.8) is 0 Å². The maximum atomic E-state index is 5.66. The van der Waals surface area contributed by atoms with E-state index in [2.05, 4.69) is 47.8 Å². The Labute approximate surface area is 155 Å². The molecule has 0 amide bonds. The Bertz CT molecular complexity index is 664. The molecule has 3 nitrogen and oxygen atoms in total. The van der Waals surface area contributed by atoms with Gasteiger partial charge >= 0.3 is 0 Å². The van der Waals surface area contributed by atoms with Crippen LogP contribution < -0.4 is 0 Å². The standard InChI is InChI=1S/C21H28N2OS/c1-19(17-6-3-2-4-7-17)18-8-11-20(12-9-18,21(19)10-5-13-22-21)23-14-15-24-16-25-23/h2-4,6-7,13,18H,5,8-12,14-16H2,1H3. The number of fused-ring (bicyclic) bond motifs is 2. The summed E-state index contributed by atoms with van der Waals surface area (Å²) in [5.41, 5.74) is 1.85. The van der Waals surface area contributed by atoms with Crippen LogP contribution in [0.2, 0.25) is 0 Å². The van der Waals surface area contributed by atoms with Gasteiger partial charge in [-0.2, -0.15) is 0 Å². The van der Waals surface area contributed by atoms with E-state index in [1.54, 1.807) is 0 Å². The van der Waals surface area contributed by atoms with Crippen LogP contribution >= 0.6 is 11.9 Å². The molecular formula is C21H28N2OS. The van der Waals surface area contributed by atoms with Crippen LogP contribution in [0.5, 0.6) is 0 Å². The first kappa shape index (κ1) is 16.3. The third-order valence-electron chi connectivity index (χ3n) is 7.79. The largest absolute Gasteiger partial charge is 0.368 e. The van der Waals surface area contributed by atoms with E-state index in [-0.39, 0.29) is 16.5 Å². The molecule has 6 rings (SSSR count). The van der Waals surface area contributed by atoms with Crippen LogP contribution in [0.3, 0.4) is 0 Å². The molecule has 1 spiro atoms. The highest BCUT2D eigenvalue weighted by Gasteiger charge is 2.71. The van der Waals surface area contributed by atoms with Gasteiger partial charge in [0.1, 0.15) is 5.94 Å². The number of rotatable bonds is 2. The average Bonchev–Trinajstić information content (AvgIpc) is 3.19. The van der Waals surface area contributed by atoms with Crippen LogP contribution in [0, 0.1) is 5.92 Å². The summed E-state index contributed by atoms with van der Waals surface area (Å²) in [6.45, 7) is 4.44. The van der Waals surface area contributed by atoms with Crippen molar-refractivity contribution in [1.29, 1.82) is 0 Å². The van der Waals surface area contributed by atoms with Crippen LogP contribution in [-0.2, 0) is 10.2 Å². The molecule has 25 heavy (non-hydrogen) atoms. The number of ether oxygens (including phenoxy) is 1. The van der Waals surface area contributed by atoms with Gasteiger partial charge in [-0.15, -0.1) is 0 Å². The summed E-state index contributed by atoms with van der Waals surface area (Å²) in [6.07, 6.45) is 9.82. The first-order chi connectivity index (χ1) is 12.2. The summed E-state index contributed by atoms with van der Waals surface area (Å²) < 4.78 is 8.37. The van der Waals surface area contributed by atoms with Gasteiger partial charge in [0.25, 0.3) is 0 Å². The zero-order valence-electron chi connectivity index (χ0n) is 15.1. The van der Waals surface area contributed by atoms with Crippen LogP contribution in [0.15, 0.2) is 35.3 Å². The van der Waals surface area contributed by atoms with Crippen LogP contribution in [0.25, 0.3) is 0 Å². The molecule has 134 valence electrons. The topological polar surface area (TPSA) is 24.8 Å². The van der Waals surface area contributed by atoms with E-state index in [4.69, 9.17) is 9.73 Å². The molecule has 2 aliphatic heterocycles. The van der Waals surface area contributed by atoms with Gasteiger partial charge in [-0.3, -0.25) is 4.99 Å². The van der Waals surface area contributed by atoms with E-state index in [9.17, 15) is 0 Å². The fourth-order valence-corrected chi connectivity index (χ4v) is 7.74. The lowest BCUT2D eigenvalue weighted by Crippen LogP contribution is -2.76.